The summed E-state index contributed by atoms with van der Waals surface area (Å²) in [6, 6.07) is 15.1. The lowest BCUT2D eigenvalue weighted by Gasteiger charge is -2.25. The van der Waals surface area contributed by atoms with Crippen molar-refractivity contribution < 1.29 is 32.6 Å². The molecule has 0 spiro atoms. The third-order valence-electron chi connectivity index (χ3n) is 6.15. The molecule has 7 nitrogen and oxygen atoms in total. The van der Waals surface area contributed by atoms with Gasteiger partial charge in [0.15, 0.2) is 0 Å². The molecule has 2 aromatic carbocycles. The summed E-state index contributed by atoms with van der Waals surface area (Å²) in [5.41, 5.74) is 1.82. The number of carboxylic acid groups (broad SMARTS) is 1. The number of carbonyl (C=O) groups excluding carboxylic acids is 1. The first kappa shape index (κ1) is 28.5. The predicted molar refractivity (Wildman–Crippen MR) is 138 cm³/mol. The Labute approximate surface area is 219 Å². The van der Waals surface area contributed by atoms with Gasteiger partial charge in [0.05, 0.1) is 18.0 Å². The maximum atomic E-state index is 12.8. The second kappa shape index (κ2) is 12.9. The van der Waals surface area contributed by atoms with Crippen LogP contribution in [0.25, 0.3) is 11.1 Å². The van der Waals surface area contributed by atoms with Gasteiger partial charge in [-0.1, -0.05) is 32.4 Å². The number of pyridine rings is 1. The summed E-state index contributed by atoms with van der Waals surface area (Å²) < 4.78 is 44.3. The molecular weight excluding hydrogens is 499 g/mol. The number of ether oxygens (including phenoxy) is 1. The Kier molecular flexibility index (Phi) is 9.70. The summed E-state index contributed by atoms with van der Waals surface area (Å²) in [5, 5.41) is 14.7. The van der Waals surface area contributed by atoms with Crippen LogP contribution in [0, 0.1) is 5.92 Å². The minimum Gasteiger partial charge on any atom is -0.481 e. The number of amides is 1. The van der Waals surface area contributed by atoms with Crippen molar-refractivity contribution in [1.29, 1.82) is 0 Å². The summed E-state index contributed by atoms with van der Waals surface area (Å²) in [5.74, 6) is -0.677. The van der Waals surface area contributed by atoms with Crippen molar-refractivity contribution in [1.82, 2.24) is 10.3 Å². The number of nitrogens with zero attached hydrogens (tertiary/aromatic N) is 1. The number of anilines is 1. The van der Waals surface area contributed by atoms with E-state index in [0.29, 0.717) is 29.2 Å². The number of aliphatic carboxylic acids is 1. The minimum atomic E-state index is -4.38. The van der Waals surface area contributed by atoms with E-state index in [1.165, 1.54) is 12.1 Å². The number of hydrogen-bond donors (Lipinski definition) is 3. The number of alkyl halides is 3. The number of nitrogens with one attached hydrogen (secondary N) is 2. The van der Waals surface area contributed by atoms with E-state index < -0.39 is 17.7 Å². The van der Waals surface area contributed by atoms with E-state index in [2.05, 4.69) is 29.5 Å². The fourth-order valence-electron chi connectivity index (χ4n) is 3.61. The summed E-state index contributed by atoms with van der Waals surface area (Å²) in [7, 11) is 0. The number of hydrogen-bond acceptors (Lipinski definition) is 5. The van der Waals surface area contributed by atoms with Crippen LogP contribution in [-0.4, -0.2) is 41.2 Å². The summed E-state index contributed by atoms with van der Waals surface area (Å²) >= 11 is 0. The van der Waals surface area contributed by atoms with E-state index in [4.69, 9.17) is 9.84 Å². The zero-order chi connectivity index (χ0) is 27.7. The number of rotatable bonds is 12. The monoisotopic (exact) mass is 529 g/mol. The van der Waals surface area contributed by atoms with Crippen molar-refractivity contribution in [3.63, 3.8) is 0 Å². The smallest absolute Gasteiger partial charge is 0.416 e. The molecule has 10 heteroatoms. The van der Waals surface area contributed by atoms with Gasteiger partial charge in [0, 0.05) is 35.6 Å². The molecule has 38 heavy (non-hydrogen) atoms. The van der Waals surface area contributed by atoms with Crippen LogP contribution in [0.15, 0.2) is 66.9 Å². The average Bonchev–Trinajstić information content (AvgIpc) is 2.90. The predicted octanol–water partition coefficient (Wildman–Crippen LogP) is 5.88. The molecule has 1 heterocycles. The molecule has 3 rings (SSSR count). The number of carbonyl (C=O) groups is 2. The first-order chi connectivity index (χ1) is 18.1. The molecule has 0 unspecified atom stereocenters. The van der Waals surface area contributed by atoms with Gasteiger partial charge in [-0.25, -0.2) is 4.98 Å². The fourth-order valence-corrected chi connectivity index (χ4v) is 3.61. The van der Waals surface area contributed by atoms with Gasteiger partial charge in [0.1, 0.15) is 6.61 Å². The van der Waals surface area contributed by atoms with Crippen molar-refractivity contribution in [3.8, 4) is 17.0 Å². The van der Waals surface area contributed by atoms with Crippen LogP contribution in [0.5, 0.6) is 5.88 Å². The van der Waals surface area contributed by atoms with Crippen LogP contribution in [0.2, 0.25) is 0 Å². The van der Waals surface area contributed by atoms with Crippen molar-refractivity contribution in [3.05, 3.63) is 78.0 Å². The Morgan fingerprint density at radius 3 is 2.21 bits per heavy atom. The number of halogens is 3. The van der Waals surface area contributed by atoms with Gasteiger partial charge in [-0.3, -0.25) is 9.59 Å². The number of benzene rings is 2. The van der Waals surface area contributed by atoms with Crippen LogP contribution < -0.4 is 15.4 Å². The quantitative estimate of drug-likeness (QED) is 0.271. The third kappa shape index (κ3) is 8.22. The SMILES string of the molecule is CC[C@H](C)[C@@H](COc1ccc(-c2ccc(C(F)(F)F)cc2)cn1)Nc1ccc(C(=O)NCCC(=O)O)cc1. The molecule has 0 radical (unpaired) electrons. The Bertz CT molecular complexity index is 1200. The molecule has 0 saturated heterocycles. The normalized spacial score (nSPS) is 12.9. The van der Waals surface area contributed by atoms with Gasteiger partial charge >= 0.3 is 12.1 Å². The molecule has 0 saturated carbocycles. The lowest BCUT2D eigenvalue weighted by molar-refractivity contribution is -0.138. The molecule has 3 aromatic rings. The topological polar surface area (TPSA) is 101 Å². The highest BCUT2D eigenvalue weighted by molar-refractivity contribution is 5.94. The van der Waals surface area contributed by atoms with Gasteiger partial charge in [0.25, 0.3) is 5.91 Å². The first-order valence-corrected chi connectivity index (χ1v) is 12.2. The highest BCUT2D eigenvalue weighted by Crippen LogP contribution is 2.31. The molecule has 3 N–H and O–H groups in total. The minimum absolute atomic E-state index is 0.0565. The lowest BCUT2D eigenvalue weighted by Crippen LogP contribution is -2.33. The molecule has 2 atom stereocenters. The number of aromatic nitrogens is 1. The van der Waals surface area contributed by atoms with E-state index >= 15 is 0 Å². The van der Waals surface area contributed by atoms with Crippen molar-refractivity contribution in [2.24, 2.45) is 5.92 Å². The Morgan fingerprint density at radius 1 is 1.00 bits per heavy atom. The van der Waals surface area contributed by atoms with Crippen molar-refractivity contribution in [2.75, 3.05) is 18.5 Å². The van der Waals surface area contributed by atoms with E-state index in [-0.39, 0.29) is 30.8 Å². The van der Waals surface area contributed by atoms with Crippen LogP contribution in [0.4, 0.5) is 18.9 Å². The molecule has 202 valence electrons. The standard InChI is InChI=1S/C28H30F3N3O4/c1-3-18(2)24(34-23-11-6-20(7-12-23)27(37)32-15-14-26(35)36)17-38-25-13-8-21(16-33-25)19-4-9-22(10-5-19)28(29,30)31/h4-13,16,18,24,34H,3,14-15,17H2,1-2H3,(H,32,37)(H,35,36)/t18-,24+/m0/s1. The van der Waals surface area contributed by atoms with Gasteiger partial charge in [-0.05, 0) is 53.9 Å². The van der Waals surface area contributed by atoms with Gasteiger partial charge < -0.3 is 20.5 Å². The molecule has 0 fully saturated rings. The van der Waals surface area contributed by atoms with E-state index in [0.717, 1.165) is 24.2 Å². The molecule has 0 aliphatic carbocycles. The van der Waals surface area contributed by atoms with Crippen molar-refractivity contribution >= 4 is 17.6 Å². The van der Waals surface area contributed by atoms with Crippen LogP contribution in [0.1, 0.15) is 42.6 Å². The second-order valence-corrected chi connectivity index (χ2v) is 8.88. The van der Waals surface area contributed by atoms with Crippen LogP contribution >= 0.6 is 0 Å². The molecule has 1 aromatic heterocycles. The molecule has 0 aliphatic rings. The van der Waals surface area contributed by atoms with E-state index in [9.17, 15) is 22.8 Å². The highest BCUT2D eigenvalue weighted by atomic mass is 19.4. The summed E-state index contributed by atoms with van der Waals surface area (Å²) in [6.45, 7) is 4.54. The molecular formula is C28H30F3N3O4. The average molecular weight is 530 g/mol. The maximum absolute atomic E-state index is 12.8. The zero-order valence-electron chi connectivity index (χ0n) is 21.1. The number of carboxylic acids is 1. The third-order valence-corrected chi connectivity index (χ3v) is 6.15. The molecule has 0 aliphatic heterocycles. The van der Waals surface area contributed by atoms with Gasteiger partial charge in [-0.15, -0.1) is 0 Å². The summed E-state index contributed by atoms with van der Waals surface area (Å²) in [6.07, 6.45) is -2.07. The lowest BCUT2D eigenvalue weighted by atomic mass is 9.99. The summed E-state index contributed by atoms with van der Waals surface area (Å²) in [4.78, 5) is 27.0. The zero-order valence-corrected chi connectivity index (χ0v) is 21.1. The highest BCUT2D eigenvalue weighted by Gasteiger charge is 2.30. The maximum Gasteiger partial charge on any atom is 0.416 e. The van der Waals surface area contributed by atoms with Crippen LogP contribution in [0.3, 0.4) is 0 Å². The molecule has 0 bridgehead atoms. The second-order valence-electron chi connectivity index (χ2n) is 8.88. The van der Waals surface area contributed by atoms with E-state index in [1.54, 1.807) is 42.6 Å². The van der Waals surface area contributed by atoms with Crippen LogP contribution in [-0.2, 0) is 11.0 Å². The largest absolute Gasteiger partial charge is 0.481 e. The first-order valence-electron chi connectivity index (χ1n) is 12.2. The van der Waals surface area contributed by atoms with Gasteiger partial charge in [0.2, 0.25) is 5.88 Å². The van der Waals surface area contributed by atoms with Gasteiger partial charge in [-0.2, -0.15) is 13.2 Å². The molecule has 1 amide bonds. The Hall–Kier alpha value is -4.08. The van der Waals surface area contributed by atoms with E-state index in [1.807, 2.05) is 0 Å². The van der Waals surface area contributed by atoms with Crippen molar-refractivity contribution in [2.45, 2.75) is 38.9 Å². The Balaban J connectivity index is 1.58. The Morgan fingerprint density at radius 2 is 1.66 bits per heavy atom. The fraction of sp³-hybridized carbons (Fsp3) is 0.321.